The van der Waals surface area contributed by atoms with Crippen LogP contribution in [0.5, 0.6) is 11.5 Å². The molecule has 0 fully saturated rings. The van der Waals surface area contributed by atoms with Gasteiger partial charge in [0.15, 0.2) is 11.5 Å². The first-order chi connectivity index (χ1) is 10.4. The highest BCUT2D eigenvalue weighted by Gasteiger charge is 2.12. The van der Waals surface area contributed by atoms with E-state index in [1.807, 2.05) is 36.4 Å². The molecule has 4 heteroatoms. The normalized spacial score (nSPS) is 13.6. The topological polar surface area (TPSA) is 43.4 Å². The third kappa shape index (κ3) is 3.27. The molecule has 0 spiro atoms. The number of anilines is 1. The van der Waals surface area contributed by atoms with Crippen molar-refractivity contribution >= 4 is 5.82 Å². The van der Waals surface area contributed by atoms with E-state index in [4.69, 9.17) is 9.47 Å². The van der Waals surface area contributed by atoms with Gasteiger partial charge in [0.1, 0.15) is 5.82 Å². The second-order valence-electron chi connectivity index (χ2n) is 5.05. The molecule has 4 nitrogen and oxygen atoms in total. The van der Waals surface area contributed by atoms with Crippen molar-refractivity contribution in [1.29, 1.82) is 0 Å². The van der Waals surface area contributed by atoms with Crippen LogP contribution in [0.3, 0.4) is 0 Å². The standard InChI is InChI=1S/C17H20N2O2/c1-2-9-18-17-6-3-5-14(19-17)13-7-8-15-16(12-13)21-11-4-10-20-15/h3,5-8,12H,2,4,9-11H2,1H3,(H,18,19). The summed E-state index contributed by atoms with van der Waals surface area (Å²) >= 11 is 0. The second-order valence-corrected chi connectivity index (χ2v) is 5.05. The number of benzene rings is 1. The first-order valence-corrected chi connectivity index (χ1v) is 7.48. The summed E-state index contributed by atoms with van der Waals surface area (Å²) < 4.78 is 11.4. The zero-order valence-corrected chi connectivity index (χ0v) is 12.3. The van der Waals surface area contributed by atoms with Crippen molar-refractivity contribution in [3.05, 3.63) is 36.4 Å². The summed E-state index contributed by atoms with van der Waals surface area (Å²) in [5, 5.41) is 3.31. The summed E-state index contributed by atoms with van der Waals surface area (Å²) in [5.74, 6) is 2.52. The van der Waals surface area contributed by atoms with E-state index in [9.17, 15) is 0 Å². The number of rotatable bonds is 4. The summed E-state index contributed by atoms with van der Waals surface area (Å²) in [6.07, 6.45) is 1.99. The minimum Gasteiger partial charge on any atom is -0.490 e. The number of aromatic nitrogens is 1. The van der Waals surface area contributed by atoms with Gasteiger partial charge in [-0.2, -0.15) is 0 Å². The molecule has 1 N–H and O–H groups in total. The molecule has 0 amide bonds. The lowest BCUT2D eigenvalue weighted by atomic mass is 10.1. The summed E-state index contributed by atoms with van der Waals surface area (Å²) in [7, 11) is 0. The van der Waals surface area contributed by atoms with E-state index in [0.29, 0.717) is 13.2 Å². The molecule has 0 unspecified atom stereocenters. The van der Waals surface area contributed by atoms with Crippen molar-refractivity contribution in [1.82, 2.24) is 4.98 Å². The van der Waals surface area contributed by atoms with Crippen molar-refractivity contribution in [3.63, 3.8) is 0 Å². The maximum Gasteiger partial charge on any atom is 0.161 e. The molecule has 2 aromatic rings. The van der Waals surface area contributed by atoms with Crippen LogP contribution in [-0.2, 0) is 0 Å². The lowest BCUT2D eigenvalue weighted by molar-refractivity contribution is 0.297. The SMILES string of the molecule is CCCNc1cccc(-c2ccc3c(c2)OCCCO3)n1. The van der Waals surface area contributed by atoms with E-state index in [-0.39, 0.29) is 0 Å². The van der Waals surface area contributed by atoms with Gasteiger partial charge in [0, 0.05) is 18.5 Å². The fourth-order valence-electron chi connectivity index (χ4n) is 2.27. The van der Waals surface area contributed by atoms with E-state index in [2.05, 4.69) is 17.2 Å². The molecule has 1 aromatic carbocycles. The molecule has 0 aliphatic carbocycles. The van der Waals surface area contributed by atoms with E-state index in [1.165, 1.54) is 0 Å². The molecule has 3 rings (SSSR count). The van der Waals surface area contributed by atoms with Gasteiger partial charge >= 0.3 is 0 Å². The van der Waals surface area contributed by atoms with Gasteiger partial charge in [0.2, 0.25) is 0 Å². The lowest BCUT2D eigenvalue weighted by Gasteiger charge is -2.10. The minimum absolute atomic E-state index is 0.696. The Morgan fingerprint density at radius 2 is 1.95 bits per heavy atom. The van der Waals surface area contributed by atoms with Gasteiger partial charge in [-0.1, -0.05) is 13.0 Å². The molecule has 0 radical (unpaired) electrons. The van der Waals surface area contributed by atoms with Crippen molar-refractivity contribution in [2.75, 3.05) is 25.1 Å². The van der Waals surface area contributed by atoms with Gasteiger partial charge in [-0.25, -0.2) is 4.98 Å². The highest BCUT2D eigenvalue weighted by Crippen LogP contribution is 2.33. The lowest BCUT2D eigenvalue weighted by Crippen LogP contribution is -2.02. The van der Waals surface area contributed by atoms with Crippen LogP contribution in [0.4, 0.5) is 5.82 Å². The van der Waals surface area contributed by atoms with Crippen molar-refractivity contribution in [3.8, 4) is 22.8 Å². The van der Waals surface area contributed by atoms with E-state index >= 15 is 0 Å². The van der Waals surface area contributed by atoms with Crippen LogP contribution in [0, 0.1) is 0 Å². The molecule has 0 bridgehead atoms. The summed E-state index contributed by atoms with van der Waals surface area (Å²) in [5.41, 5.74) is 1.98. The average Bonchev–Trinajstić information content (AvgIpc) is 2.77. The maximum absolute atomic E-state index is 5.74. The quantitative estimate of drug-likeness (QED) is 0.929. The Bertz CT molecular complexity index is 613. The molecule has 0 saturated heterocycles. The number of pyridine rings is 1. The molecule has 2 heterocycles. The van der Waals surface area contributed by atoms with Crippen LogP contribution in [-0.4, -0.2) is 24.7 Å². The molecule has 21 heavy (non-hydrogen) atoms. The van der Waals surface area contributed by atoms with Crippen LogP contribution in [0.25, 0.3) is 11.3 Å². The Labute approximate surface area is 125 Å². The average molecular weight is 284 g/mol. The molecular formula is C17H20N2O2. The third-order valence-corrected chi connectivity index (χ3v) is 3.35. The first-order valence-electron chi connectivity index (χ1n) is 7.48. The van der Waals surface area contributed by atoms with Gasteiger partial charge in [-0.3, -0.25) is 0 Å². The zero-order valence-electron chi connectivity index (χ0n) is 12.3. The predicted octanol–water partition coefficient (Wildman–Crippen LogP) is 3.73. The number of hydrogen-bond donors (Lipinski definition) is 1. The Kier molecular flexibility index (Phi) is 4.24. The van der Waals surface area contributed by atoms with Gasteiger partial charge in [0.25, 0.3) is 0 Å². The van der Waals surface area contributed by atoms with E-state index in [1.54, 1.807) is 0 Å². The maximum atomic E-state index is 5.74. The summed E-state index contributed by atoms with van der Waals surface area (Å²) in [4.78, 5) is 4.65. The Hall–Kier alpha value is -2.23. The number of fused-ring (bicyclic) bond motifs is 1. The summed E-state index contributed by atoms with van der Waals surface area (Å²) in [6.45, 7) is 4.47. The second kappa shape index (κ2) is 6.48. The van der Waals surface area contributed by atoms with Crippen LogP contribution in [0.2, 0.25) is 0 Å². The Morgan fingerprint density at radius 1 is 1.10 bits per heavy atom. The molecule has 1 aliphatic heterocycles. The smallest absolute Gasteiger partial charge is 0.161 e. The Balaban J connectivity index is 1.88. The summed E-state index contributed by atoms with van der Waals surface area (Å²) in [6, 6.07) is 12.0. The molecule has 0 saturated carbocycles. The first kappa shape index (κ1) is 13.7. The van der Waals surface area contributed by atoms with Gasteiger partial charge in [-0.05, 0) is 36.8 Å². The molecule has 1 aliphatic rings. The number of nitrogens with zero attached hydrogens (tertiary/aromatic N) is 1. The molecule has 1 aromatic heterocycles. The van der Waals surface area contributed by atoms with E-state index in [0.717, 1.165) is 48.0 Å². The van der Waals surface area contributed by atoms with Crippen LogP contribution < -0.4 is 14.8 Å². The number of ether oxygens (including phenoxy) is 2. The third-order valence-electron chi connectivity index (χ3n) is 3.35. The van der Waals surface area contributed by atoms with Crippen molar-refractivity contribution in [2.24, 2.45) is 0 Å². The van der Waals surface area contributed by atoms with Crippen LogP contribution in [0.15, 0.2) is 36.4 Å². The molecule has 110 valence electrons. The van der Waals surface area contributed by atoms with Crippen molar-refractivity contribution in [2.45, 2.75) is 19.8 Å². The monoisotopic (exact) mass is 284 g/mol. The number of nitrogens with one attached hydrogen (secondary N) is 1. The van der Waals surface area contributed by atoms with Gasteiger partial charge in [0.05, 0.1) is 18.9 Å². The van der Waals surface area contributed by atoms with E-state index < -0.39 is 0 Å². The Morgan fingerprint density at radius 3 is 2.81 bits per heavy atom. The molecular weight excluding hydrogens is 264 g/mol. The van der Waals surface area contributed by atoms with Gasteiger partial charge < -0.3 is 14.8 Å². The predicted molar refractivity (Wildman–Crippen MR) is 84.1 cm³/mol. The van der Waals surface area contributed by atoms with Crippen LogP contribution >= 0.6 is 0 Å². The largest absolute Gasteiger partial charge is 0.490 e. The molecule has 0 atom stereocenters. The van der Waals surface area contributed by atoms with Crippen LogP contribution in [0.1, 0.15) is 19.8 Å². The fraction of sp³-hybridized carbons (Fsp3) is 0.353. The zero-order chi connectivity index (χ0) is 14.5. The van der Waals surface area contributed by atoms with Crippen molar-refractivity contribution < 1.29 is 9.47 Å². The minimum atomic E-state index is 0.696. The number of hydrogen-bond acceptors (Lipinski definition) is 4. The highest BCUT2D eigenvalue weighted by atomic mass is 16.5. The fourth-order valence-corrected chi connectivity index (χ4v) is 2.27. The highest BCUT2D eigenvalue weighted by molar-refractivity contribution is 5.65. The van der Waals surface area contributed by atoms with Gasteiger partial charge in [-0.15, -0.1) is 0 Å².